The highest BCUT2D eigenvalue weighted by Crippen LogP contribution is 2.47. The summed E-state index contributed by atoms with van der Waals surface area (Å²) >= 11 is 0. The number of carbonyl (C=O) groups is 1. The van der Waals surface area contributed by atoms with Crippen LogP contribution in [0.3, 0.4) is 0 Å². The average Bonchev–Trinajstić information content (AvgIpc) is 3.12. The number of nitrogens with zero attached hydrogens (tertiary/aromatic N) is 1. The van der Waals surface area contributed by atoms with E-state index < -0.39 is 61.4 Å². The first-order valence-corrected chi connectivity index (χ1v) is 11.4. The molecule has 3 rings (SSSR count). The summed E-state index contributed by atoms with van der Waals surface area (Å²) in [5.41, 5.74) is -2.14. The molecule has 0 saturated carbocycles. The van der Waals surface area contributed by atoms with Crippen LogP contribution in [0.2, 0.25) is 0 Å². The van der Waals surface area contributed by atoms with Crippen LogP contribution in [0, 0.1) is 5.82 Å². The summed E-state index contributed by atoms with van der Waals surface area (Å²) in [6.45, 7) is 2.64. The number of para-hydroxylation sites is 1. The van der Waals surface area contributed by atoms with Crippen LogP contribution in [0.15, 0.2) is 46.1 Å². The average molecular weight is 487 g/mol. The SMILES string of the molecule is C[C@H](N[P@@](=O)(Oc1ccccc1)O[C@H](C)[C@H]1O[C@@H](n2cc(F)c(=O)[nH]c2=O)C[C@@H]1O)C(=O)O. The van der Waals surface area contributed by atoms with E-state index in [9.17, 15) is 33.6 Å². The van der Waals surface area contributed by atoms with Crippen molar-refractivity contribution >= 4 is 13.7 Å². The van der Waals surface area contributed by atoms with Gasteiger partial charge in [-0.1, -0.05) is 18.2 Å². The highest BCUT2D eigenvalue weighted by Gasteiger charge is 2.43. The van der Waals surface area contributed by atoms with Gasteiger partial charge in [0.25, 0.3) is 5.56 Å². The normalized spacial score (nSPS) is 24.1. The van der Waals surface area contributed by atoms with Crippen molar-refractivity contribution < 1.29 is 37.7 Å². The molecule has 180 valence electrons. The smallest absolute Gasteiger partial charge is 0.459 e. The number of carboxylic acid groups (broad SMARTS) is 1. The number of aromatic nitrogens is 2. The summed E-state index contributed by atoms with van der Waals surface area (Å²) in [7, 11) is -4.30. The third-order valence-corrected chi connectivity index (χ3v) is 6.59. The number of aliphatic hydroxyl groups excluding tert-OH is 1. The van der Waals surface area contributed by atoms with Crippen LogP contribution in [-0.4, -0.2) is 50.1 Å². The first-order valence-electron chi connectivity index (χ1n) is 9.87. The monoisotopic (exact) mass is 487 g/mol. The molecule has 1 aromatic heterocycles. The predicted molar refractivity (Wildman–Crippen MR) is 111 cm³/mol. The van der Waals surface area contributed by atoms with Crippen molar-refractivity contribution in [1.82, 2.24) is 14.6 Å². The molecule has 0 unspecified atom stereocenters. The van der Waals surface area contributed by atoms with Crippen LogP contribution < -0.4 is 20.9 Å². The number of benzene rings is 1. The number of nitrogens with one attached hydrogen (secondary N) is 2. The number of ether oxygens (including phenoxy) is 1. The number of aliphatic carboxylic acids is 1. The fourth-order valence-electron chi connectivity index (χ4n) is 3.22. The lowest BCUT2D eigenvalue weighted by Crippen LogP contribution is -2.39. The van der Waals surface area contributed by atoms with E-state index in [0.29, 0.717) is 6.20 Å². The largest absolute Gasteiger partial charge is 0.480 e. The molecule has 0 spiro atoms. The van der Waals surface area contributed by atoms with Gasteiger partial charge in [-0.05, 0) is 26.0 Å². The van der Waals surface area contributed by atoms with Gasteiger partial charge in [0.1, 0.15) is 24.1 Å². The van der Waals surface area contributed by atoms with Crippen molar-refractivity contribution in [2.75, 3.05) is 0 Å². The maximum Gasteiger partial charge on any atom is 0.459 e. The molecule has 1 aliphatic rings. The second-order valence-corrected chi connectivity index (χ2v) is 9.05. The Morgan fingerprint density at radius 3 is 2.64 bits per heavy atom. The summed E-state index contributed by atoms with van der Waals surface area (Å²) < 4.78 is 44.3. The van der Waals surface area contributed by atoms with E-state index in [1.807, 2.05) is 0 Å². The Bertz CT molecular complexity index is 1160. The van der Waals surface area contributed by atoms with Crippen molar-refractivity contribution in [3.63, 3.8) is 0 Å². The maximum absolute atomic E-state index is 13.6. The van der Waals surface area contributed by atoms with E-state index in [4.69, 9.17) is 13.8 Å². The van der Waals surface area contributed by atoms with E-state index in [1.165, 1.54) is 26.0 Å². The van der Waals surface area contributed by atoms with Gasteiger partial charge in [-0.15, -0.1) is 0 Å². The molecule has 1 aliphatic heterocycles. The van der Waals surface area contributed by atoms with Crippen LogP contribution in [0.25, 0.3) is 0 Å². The van der Waals surface area contributed by atoms with Gasteiger partial charge in [0, 0.05) is 6.42 Å². The van der Waals surface area contributed by atoms with Crippen LogP contribution in [0.4, 0.5) is 4.39 Å². The Labute approximate surface area is 186 Å². The zero-order chi connectivity index (χ0) is 24.3. The topological polar surface area (TPSA) is 169 Å². The van der Waals surface area contributed by atoms with Crippen LogP contribution in [-0.2, 0) is 18.6 Å². The molecular weight excluding hydrogens is 464 g/mol. The summed E-state index contributed by atoms with van der Waals surface area (Å²) in [6, 6.07) is 6.58. The van der Waals surface area contributed by atoms with Crippen molar-refractivity contribution in [2.24, 2.45) is 0 Å². The quantitative estimate of drug-likeness (QED) is 0.374. The molecule has 12 nitrogen and oxygen atoms in total. The zero-order valence-electron chi connectivity index (χ0n) is 17.6. The predicted octanol–water partition coefficient (Wildman–Crippen LogP) is 0.979. The second-order valence-electron chi connectivity index (χ2n) is 7.40. The standard InChI is InChI=1S/C19H23FN3O9P/c1-10(18(26)27)22-33(29,32-12-6-4-3-5-7-12)31-11(2)16-14(24)8-15(30-16)23-9-13(20)17(25)21-19(23)28/h3-7,9-11,14-16,24H,8H2,1-2H3,(H,22,29)(H,26,27)(H,21,25,28)/t10-,11+,14-,15+,16+,33-/m0/s1. The fourth-order valence-corrected chi connectivity index (χ4v) is 4.91. The van der Waals surface area contributed by atoms with Gasteiger partial charge in [0.05, 0.1) is 18.4 Å². The number of hydrogen-bond donors (Lipinski definition) is 4. The summed E-state index contributed by atoms with van der Waals surface area (Å²) in [6.07, 6.45) is -4.15. The third kappa shape index (κ3) is 5.95. The van der Waals surface area contributed by atoms with Crippen LogP contribution in [0.1, 0.15) is 26.5 Å². The molecule has 1 saturated heterocycles. The van der Waals surface area contributed by atoms with Gasteiger partial charge in [-0.2, -0.15) is 9.48 Å². The van der Waals surface area contributed by atoms with E-state index in [1.54, 1.807) is 23.2 Å². The Morgan fingerprint density at radius 1 is 1.33 bits per heavy atom. The maximum atomic E-state index is 13.6. The van der Waals surface area contributed by atoms with Gasteiger partial charge in [-0.25, -0.2) is 9.36 Å². The molecule has 0 radical (unpaired) electrons. The first kappa shape index (κ1) is 24.8. The molecule has 2 heterocycles. The van der Waals surface area contributed by atoms with E-state index in [-0.39, 0.29) is 12.2 Å². The number of aromatic amines is 1. The molecule has 4 N–H and O–H groups in total. The lowest BCUT2D eigenvalue weighted by molar-refractivity contribution is -0.138. The highest BCUT2D eigenvalue weighted by atomic mass is 31.2. The Morgan fingerprint density at radius 2 is 2.00 bits per heavy atom. The molecule has 6 atom stereocenters. The minimum Gasteiger partial charge on any atom is -0.480 e. The molecular formula is C19H23FN3O9P. The van der Waals surface area contributed by atoms with Crippen LogP contribution >= 0.6 is 7.75 Å². The van der Waals surface area contributed by atoms with Crippen LogP contribution in [0.5, 0.6) is 5.75 Å². The van der Waals surface area contributed by atoms with Gasteiger partial charge in [-0.3, -0.25) is 23.7 Å². The third-order valence-electron chi connectivity index (χ3n) is 4.83. The number of hydrogen-bond acceptors (Lipinski definition) is 8. The fraction of sp³-hybridized carbons (Fsp3) is 0.421. The van der Waals surface area contributed by atoms with E-state index in [0.717, 1.165) is 4.57 Å². The molecule has 14 heteroatoms. The summed E-state index contributed by atoms with van der Waals surface area (Å²) in [5.74, 6) is -2.38. The van der Waals surface area contributed by atoms with Gasteiger partial charge in [0.2, 0.25) is 5.82 Å². The van der Waals surface area contributed by atoms with Crippen molar-refractivity contribution in [3.8, 4) is 5.75 Å². The molecule has 33 heavy (non-hydrogen) atoms. The molecule has 0 amide bonds. The lowest BCUT2D eigenvalue weighted by Gasteiger charge is -2.28. The number of carboxylic acids is 1. The minimum absolute atomic E-state index is 0.138. The van der Waals surface area contributed by atoms with Gasteiger partial charge in [0.15, 0.2) is 0 Å². The second kappa shape index (κ2) is 9.98. The lowest BCUT2D eigenvalue weighted by atomic mass is 10.1. The van der Waals surface area contributed by atoms with Gasteiger partial charge >= 0.3 is 19.4 Å². The molecule has 1 aromatic carbocycles. The molecule has 1 fully saturated rings. The zero-order valence-corrected chi connectivity index (χ0v) is 18.5. The molecule has 2 aromatic rings. The molecule has 0 aliphatic carbocycles. The van der Waals surface area contributed by atoms with Gasteiger partial charge < -0.3 is 19.5 Å². The van der Waals surface area contributed by atoms with E-state index >= 15 is 0 Å². The number of halogens is 1. The van der Waals surface area contributed by atoms with E-state index in [2.05, 4.69) is 5.09 Å². The summed E-state index contributed by atoms with van der Waals surface area (Å²) in [4.78, 5) is 36.3. The Kier molecular flexibility index (Phi) is 7.50. The summed E-state index contributed by atoms with van der Waals surface area (Å²) in [5, 5.41) is 21.9. The van der Waals surface area contributed by atoms with Crippen molar-refractivity contribution in [1.29, 1.82) is 0 Å². The number of H-pyrrole nitrogens is 1. The first-order chi connectivity index (χ1) is 15.5. The highest BCUT2D eigenvalue weighted by molar-refractivity contribution is 7.52. The number of aliphatic hydroxyl groups is 1. The molecule has 0 bridgehead atoms. The Balaban J connectivity index is 1.80. The van der Waals surface area contributed by atoms with Crippen molar-refractivity contribution in [3.05, 3.63) is 63.2 Å². The minimum atomic E-state index is -4.30. The van der Waals surface area contributed by atoms with Crippen molar-refractivity contribution in [2.45, 2.75) is 50.8 Å². The number of rotatable bonds is 9. The Hall–Kier alpha value is -2.83.